The molecule has 1 aliphatic carbocycles. The van der Waals surface area contributed by atoms with E-state index in [2.05, 4.69) is 231 Å². The Morgan fingerprint density at radius 2 is 0.879 bits per heavy atom. The molecule has 276 valence electrons. The van der Waals surface area contributed by atoms with Crippen molar-refractivity contribution in [1.82, 2.24) is 4.57 Å². The molecule has 0 N–H and O–H groups in total. The Hall–Kier alpha value is -7.16. The highest BCUT2D eigenvalue weighted by Crippen LogP contribution is 2.51. The number of rotatable bonds is 6. The topological polar surface area (TPSA) is 8.17 Å². The van der Waals surface area contributed by atoms with E-state index in [1.54, 1.807) is 0 Å². The van der Waals surface area contributed by atoms with Gasteiger partial charge >= 0.3 is 0 Å². The number of aryl methyl sites for hydroxylation is 1. The summed E-state index contributed by atoms with van der Waals surface area (Å²) in [6.07, 6.45) is 0. The van der Waals surface area contributed by atoms with Crippen LogP contribution in [0.5, 0.6) is 0 Å². The average molecular weight is 743 g/mol. The van der Waals surface area contributed by atoms with Crippen LogP contribution in [0.4, 0.5) is 17.1 Å². The first kappa shape index (κ1) is 34.1. The van der Waals surface area contributed by atoms with Gasteiger partial charge in [0.2, 0.25) is 0 Å². The van der Waals surface area contributed by atoms with Crippen molar-refractivity contribution >= 4 is 49.5 Å². The standard InChI is InChI=1S/C56H42N2/c1-56(2)50-25-15-14-22-46(50)47-35-34-43(36-51(47)56)58(41-30-26-38(27-31-41)37-16-6-4-7-17-37)42-32-28-40(29-33-42)54-52(39-18-8-5-9-19-39)53-48-23-12-10-20-44(48)45-21-11-13-24-49(45)55(53)57(54)3/h4-36H,1-3H3. The van der Waals surface area contributed by atoms with E-state index in [-0.39, 0.29) is 5.41 Å². The second kappa shape index (κ2) is 13.2. The molecule has 0 saturated carbocycles. The number of fused-ring (bicyclic) bond motifs is 9. The number of nitrogens with zero attached hydrogens (tertiary/aromatic N) is 2. The lowest BCUT2D eigenvalue weighted by Crippen LogP contribution is -2.16. The molecular formula is C56H42N2. The van der Waals surface area contributed by atoms with Crippen molar-refractivity contribution in [3.8, 4) is 44.6 Å². The molecule has 10 aromatic rings. The first-order valence-corrected chi connectivity index (χ1v) is 20.2. The van der Waals surface area contributed by atoms with Gasteiger partial charge in [-0.3, -0.25) is 0 Å². The zero-order chi connectivity index (χ0) is 39.0. The molecule has 2 nitrogen and oxygen atoms in total. The molecule has 58 heavy (non-hydrogen) atoms. The van der Waals surface area contributed by atoms with E-state index >= 15 is 0 Å². The van der Waals surface area contributed by atoms with E-state index in [0.717, 1.165) is 17.1 Å². The van der Waals surface area contributed by atoms with E-state index in [0.29, 0.717) is 0 Å². The molecule has 0 bridgehead atoms. The summed E-state index contributed by atoms with van der Waals surface area (Å²) in [5.41, 5.74) is 17.2. The summed E-state index contributed by atoms with van der Waals surface area (Å²) in [5, 5.41) is 6.40. The Balaban J connectivity index is 1.10. The Morgan fingerprint density at radius 1 is 0.397 bits per heavy atom. The average Bonchev–Trinajstić information content (AvgIpc) is 3.72. The first-order chi connectivity index (χ1) is 28.5. The van der Waals surface area contributed by atoms with Crippen LogP contribution in [0.1, 0.15) is 25.0 Å². The summed E-state index contributed by atoms with van der Waals surface area (Å²) in [6.45, 7) is 4.71. The fourth-order valence-electron chi connectivity index (χ4n) is 9.83. The van der Waals surface area contributed by atoms with Crippen LogP contribution >= 0.6 is 0 Å². The van der Waals surface area contributed by atoms with Crippen molar-refractivity contribution < 1.29 is 0 Å². The van der Waals surface area contributed by atoms with Crippen LogP contribution in [0.15, 0.2) is 200 Å². The highest BCUT2D eigenvalue weighted by atomic mass is 15.1. The van der Waals surface area contributed by atoms with E-state index in [4.69, 9.17) is 0 Å². The van der Waals surface area contributed by atoms with E-state index < -0.39 is 0 Å². The van der Waals surface area contributed by atoms with Crippen LogP contribution in [0.2, 0.25) is 0 Å². The second-order valence-corrected chi connectivity index (χ2v) is 16.2. The number of benzene rings is 9. The summed E-state index contributed by atoms with van der Waals surface area (Å²) in [4.78, 5) is 2.42. The quantitative estimate of drug-likeness (QED) is 0.154. The predicted molar refractivity (Wildman–Crippen MR) is 246 cm³/mol. The Labute approximate surface area is 339 Å². The minimum atomic E-state index is -0.106. The molecule has 0 fully saturated rings. The van der Waals surface area contributed by atoms with Gasteiger partial charge in [-0.05, 0) is 97.1 Å². The summed E-state index contributed by atoms with van der Waals surface area (Å²) in [7, 11) is 2.24. The minimum Gasteiger partial charge on any atom is -0.343 e. The van der Waals surface area contributed by atoms with E-state index in [9.17, 15) is 0 Å². The zero-order valence-electron chi connectivity index (χ0n) is 32.9. The van der Waals surface area contributed by atoms with Crippen LogP contribution in [-0.4, -0.2) is 4.57 Å². The smallest absolute Gasteiger partial charge is 0.0575 e. The highest BCUT2D eigenvalue weighted by Gasteiger charge is 2.35. The van der Waals surface area contributed by atoms with Gasteiger partial charge < -0.3 is 9.47 Å². The molecule has 2 heteroatoms. The molecule has 0 atom stereocenters. The lowest BCUT2D eigenvalue weighted by molar-refractivity contribution is 0.660. The second-order valence-electron chi connectivity index (χ2n) is 16.2. The lowest BCUT2D eigenvalue weighted by atomic mass is 9.82. The third-order valence-corrected chi connectivity index (χ3v) is 12.6. The van der Waals surface area contributed by atoms with Gasteiger partial charge in [-0.2, -0.15) is 0 Å². The number of hydrogen-bond donors (Lipinski definition) is 0. The van der Waals surface area contributed by atoms with Gasteiger partial charge in [-0.15, -0.1) is 0 Å². The molecule has 11 rings (SSSR count). The van der Waals surface area contributed by atoms with Crippen molar-refractivity contribution in [2.45, 2.75) is 19.3 Å². The van der Waals surface area contributed by atoms with Crippen molar-refractivity contribution in [3.05, 3.63) is 211 Å². The molecule has 0 radical (unpaired) electrons. The SMILES string of the molecule is Cn1c(-c2ccc(N(c3ccc(-c4ccccc4)cc3)c3ccc4c(c3)C(C)(C)c3ccccc3-4)cc2)c(-c2ccccc2)c2c3ccccc3c3ccccc3c21. The van der Waals surface area contributed by atoms with Gasteiger partial charge in [-0.25, -0.2) is 0 Å². The van der Waals surface area contributed by atoms with Gasteiger partial charge in [0.15, 0.2) is 0 Å². The monoisotopic (exact) mass is 742 g/mol. The molecular weight excluding hydrogens is 701 g/mol. The first-order valence-electron chi connectivity index (χ1n) is 20.2. The molecule has 1 heterocycles. The van der Waals surface area contributed by atoms with Crippen LogP contribution in [0.3, 0.4) is 0 Å². The maximum Gasteiger partial charge on any atom is 0.0575 e. The number of hydrogen-bond acceptors (Lipinski definition) is 1. The van der Waals surface area contributed by atoms with Gasteiger partial charge in [0, 0.05) is 45.9 Å². The summed E-state index contributed by atoms with van der Waals surface area (Å²) < 4.78 is 2.43. The van der Waals surface area contributed by atoms with Crippen LogP contribution in [-0.2, 0) is 12.5 Å². The fourth-order valence-corrected chi connectivity index (χ4v) is 9.83. The fraction of sp³-hybridized carbons (Fsp3) is 0.0714. The van der Waals surface area contributed by atoms with Crippen LogP contribution in [0.25, 0.3) is 77.1 Å². The summed E-state index contributed by atoms with van der Waals surface area (Å²) in [6, 6.07) is 73.5. The van der Waals surface area contributed by atoms with Gasteiger partial charge in [-0.1, -0.05) is 178 Å². The van der Waals surface area contributed by atoms with E-state index in [1.165, 1.54) is 88.2 Å². The Morgan fingerprint density at radius 3 is 1.55 bits per heavy atom. The van der Waals surface area contributed by atoms with Crippen molar-refractivity contribution in [1.29, 1.82) is 0 Å². The normalized spacial score (nSPS) is 12.9. The molecule has 0 amide bonds. The zero-order valence-corrected chi connectivity index (χ0v) is 32.9. The summed E-state index contributed by atoms with van der Waals surface area (Å²) >= 11 is 0. The molecule has 0 aliphatic heterocycles. The van der Waals surface area contributed by atoms with E-state index in [1.807, 2.05) is 0 Å². The molecule has 1 aliphatic rings. The van der Waals surface area contributed by atoms with Gasteiger partial charge in [0.05, 0.1) is 11.2 Å². The van der Waals surface area contributed by atoms with Crippen molar-refractivity contribution in [3.63, 3.8) is 0 Å². The molecule has 9 aromatic carbocycles. The maximum atomic E-state index is 2.43. The largest absolute Gasteiger partial charge is 0.343 e. The molecule has 0 spiro atoms. The molecule has 0 saturated heterocycles. The predicted octanol–water partition coefficient (Wildman–Crippen LogP) is 15.3. The third kappa shape index (κ3) is 5.18. The number of aromatic nitrogens is 1. The minimum absolute atomic E-state index is 0.106. The number of anilines is 3. The molecule has 1 aromatic heterocycles. The highest BCUT2D eigenvalue weighted by molar-refractivity contribution is 6.29. The lowest BCUT2D eigenvalue weighted by Gasteiger charge is -2.28. The maximum absolute atomic E-state index is 2.43. The van der Waals surface area contributed by atoms with Crippen LogP contribution in [0, 0.1) is 0 Å². The molecule has 0 unspecified atom stereocenters. The Bertz CT molecular complexity index is 3170. The summed E-state index contributed by atoms with van der Waals surface area (Å²) in [5.74, 6) is 0. The van der Waals surface area contributed by atoms with Crippen molar-refractivity contribution in [2.24, 2.45) is 7.05 Å². The third-order valence-electron chi connectivity index (χ3n) is 12.6. The van der Waals surface area contributed by atoms with Crippen molar-refractivity contribution in [2.75, 3.05) is 4.90 Å². The Kier molecular flexibility index (Phi) is 7.78. The van der Waals surface area contributed by atoms with Crippen LogP contribution < -0.4 is 4.90 Å². The van der Waals surface area contributed by atoms with Gasteiger partial charge in [0.25, 0.3) is 0 Å². The van der Waals surface area contributed by atoms with Gasteiger partial charge in [0.1, 0.15) is 0 Å².